The SMILES string of the molecule is CCCCCCC(C)NC(C)c1ncc(C)o1. The number of rotatable bonds is 8. The van der Waals surface area contributed by atoms with E-state index in [1.165, 1.54) is 32.1 Å². The Morgan fingerprint density at radius 2 is 2.06 bits per heavy atom. The predicted molar refractivity (Wildman–Crippen MR) is 71.0 cm³/mol. The van der Waals surface area contributed by atoms with Gasteiger partial charge in [-0.2, -0.15) is 0 Å². The van der Waals surface area contributed by atoms with E-state index in [9.17, 15) is 0 Å². The Labute approximate surface area is 105 Å². The summed E-state index contributed by atoms with van der Waals surface area (Å²) in [6.07, 6.45) is 8.30. The van der Waals surface area contributed by atoms with Crippen LogP contribution < -0.4 is 5.32 Å². The van der Waals surface area contributed by atoms with E-state index in [-0.39, 0.29) is 6.04 Å². The third-order valence-corrected chi connectivity index (χ3v) is 3.03. The molecule has 1 heterocycles. The Kier molecular flexibility index (Phi) is 6.27. The minimum absolute atomic E-state index is 0.199. The molecule has 98 valence electrons. The van der Waals surface area contributed by atoms with Crippen molar-refractivity contribution >= 4 is 0 Å². The van der Waals surface area contributed by atoms with Gasteiger partial charge in [0.1, 0.15) is 5.76 Å². The van der Waals surface area contributed by atoms with E-state index in [4.69, 9.17) is 4.42 Å². The van der Waals surface area contributed by atoms with E-state index < -0.39 is 0 Å². The van der Waals surface area contributed by atoms with E-state index >= 15 is 0 Å². The van der Waals surface area contributed by atoms with Gasteiger partial charge in [-0.15, -0.1) is 0 Å². The standard InChI is InChI=1S/C14H26N2O/c1-5-6-7-8-9-11(2)16-13(4)14-15-10-12(3)17-14/h10-11,13,16H,5-9H2,1-4H3. The fraction of sp³-hybridized carbons (Fsp3) is 0.786. The van der Waals surface area contributed by atoms with Crippen LogP contribution in [0.2, 0.25) is 0 Å². The minimum atomic E-state index is 0.199. The van der Waals surface area contributed by atoms with Gasteiger partial charge in [-0.1, -0.05) is 32.6 Å². The van der Waals surface area contributed by atoms with Gasteiger partial charge in [-0.25, -0.2) is 4.98 Å². The molecule has 0 spiro atoms. The van der Waals surface area contributed by atoms with Crippen molar-refractivity contribution in [2.24, 2.45) is 0 Å². The lowest BCUT2D eigenvalue weighted by molar-refractivity contribution is 0.364. The van der Waals surface area contributed by atoms with Crippen LogP contribution in [0.25, 0.3) is 0 Å². The number of hydrogen-bond acceptors (Lipinski definition) is 3. The molecule has 1 aromatic heterocycles. The summed E-state index contributed by atoms with van der Waals surface area (Å²) in [5, 5.41) is 3.53. The van der Waals surface area contributed by atoms with Crippen LogP contribution in [-0.4, -0.2) is 11.0 Å². The van der Waals surface area contributed by atoms with Crippen molar-refractivity contribution in [3.05, 3.63) is 17.8 Å². The van der Waals surface area contributed by atoms with Gasteiger partial charge in [0.05, 0.1) is 12.2 Å². The molecule has 1 N–H and O–H groups in total. The second kappa shape index (κ2) is 7.49. The molecule has 1 rings (SSSR count). The van der Waals surface area contributed by atoms with Crippen molar-refractivity contribution in [2.45, 2.75) is 71.9 Å². The lowest BCUT2D eigenvalue weighted by Gasteiger charge is -2.17. The maximum atomic E-state index is 5.52. The molecule has 0 aliphatic heterocycles. The molecule has 0 aliphatic carbocycles. The second-order valence-electron chi connectivity index (χ2n) is 4.95. The summed E-state index contributed by atoms with van der Waals surface area (Å²) in [6, 6.07) is 0.721. The van der Waals surface area contributed by atoms with Gasteiger partial charge in [0, 0.05) is 6.04 Å². The first-order valence-corrected chi connectivity index (χ1v) is 6.81. The number of aryl methyl sites for hydroxylation is 1. The van der Waals surface area contributed by atoms with Crippen LogP contribution in [-0.2, 0) is 0 Å². The van der Waals surface area contributed by atoms with Gasteiger partial charge in [0.2, 0.25) is 5.89 Å². The molecule has 3 nitrogen and oxygen atoms in total. The third-order valence-electron chi connectivity index (χ3n) is 3.03. The van der Waals surface area contributed by atoms with Crippen LogP contribution >= 0.6 is 0 Å². The summed E-state index contributed by atoms with van der Waals surface area (Å²) in [5.41, 5.74) is 0. The van der Waals surface area contributed by atoms with Gasteiger partial charge in [0.25, 0.3) is 0 Å². The molecule has 0 saturated carbocycles. The predicted octanol–water partition coefficient (Wildman–Crippen LogP) is 3.99. The summed E-state index contributed by atoms with van der Waals surface area (Å²) >= 11 is 0. The van der Waals surface area contributed by atoms with Crippen molar-refractivity contribution in [3.63, 3.8) is 0 Å². The lowest BCUT2D eigenvalue weighted by atomic mass is 10.1. The molecular weight excluding hydrogens is 212 g/mol. The van der Waals surface area contributed by atoms with Crippen LogP contribution in [0.1, 0.15) is 70.6 Å². The highest BCUT2D eigenvalue weighted by atomic mass is 16.4. The molecule has 1 aromatic rings. The quantitative estimate of drug-likeness (QED) is 0.696. The summed E-state index contributed by atoms with van der Waals surface area (Å²) in [4.78, 5) is 4.25. The number of nitrogens with zero attached hydrogens (tertiary/aromatic N) is 1. The van der Waals surface area contributed by atoms with Crippen molar-refractivity contribution in [2.75, 3.05) is 0 Å². The monoisotopic (exact) mass is 238 g/mol. The number of aromatic nitrogens is 1. The van der Waals surface area contributed by atoms with E-state index in [1.54, 1.807) is 6.20 Å². The summed E-state index contributed by atoms with van der Waals surface area (Å²) in [5.74, 6) is 1.67. The van der Waals surface area contributed by atoms with Crippen molar-refractivity contribution in [3.8, 4) is 0 Å². The van der Waals surface area contributed by atoms with E-state index in [2.05, 4.69) is 31.1 Å². The Balaban J connectivity index is 2.23. The summed E-state index contributed by atoms with van der Waals surface area (Å²) < 4.78 is 5.52. The van der Waals surface area contributed by atoms with Crippen LogP contribution in [0.3, 0.4) is 0 Å². The average Bonchev–Trinajstić information content (AvgIpc) is 2.71. The maximum Gasteiger partial charge on any atom is 0.211 e. The normalized spacial score (nSPS) is 14.8. The van der Waals surface area contributed by atoms with Crippen molar-refractivity contribution in [1.82, 2.24) is 10.3 Å². The van der Waals surface area contributed by atoms with Gasteiger partial charge in [-0.05, 0) is 27.2 Å². The molecule has 0 bridgehead atoms. The first-order chi connectivity index (χ1) is 8.13. The van der Waals surface area contributed by atoms with E-state index in [0.29, 0.717) is 6.04 Å². The van der Waals surface area contributed by atoms with Crippen LogP contribution in [0, 0.1) is 6.92 Å². The molecule has 0 radical (unpaired) electrons. The smallest absolute Gasteiger partial charge is 0.211 e. The van der Waals surface area contributed by atoms with Gasteiger partial charge >= 0.3 is 0 Å². The summed E-state index contributed by atoms with van der Waals surface area (Å²) in [6.45, 7) is 8.51. The number of hydrogen-bond donors (Lipinski definition) is 1. The molecular formula is C14H26N2O. The van der Waals surface area contributed by atoms with E-state index in [1.807, 2.05) is 6.92 Å². The maximum absolute atomic E-state index is 5.52. The first-order valence-electron chi connectivity index (χ1n) is 6.81. The molecule has 3 heteroatoms. The molecule has 0 aromatic carbocycles. The second-order valence-corrected chi connectivity index (χ2v) is 4.95. The molecule has 17 heavy (non-hydrogen) atoms. The Hall–Kier alpha value is -0.830. The fourth-order valence-corrected chi connectivity index (χ4v) is 2.03. The van der Waals surface area contributed by atoms with Gasteiger partial charge in [-0.3, -0.25) is 0 Å². The van der Waals surface area contributed by atoms with Gasteiger partial charge < -0.3 is 9.73 Å². The highest BCUT2D eigenvalue weighted by Crippen LogP contribution is 2.14. The van der Waals surface area contributed by atoms with Crippen molar-refractivity contribution in [1.29, 1.82) is 0 Å². The molecule has 2 unspecified atom stereocenters. The fourth-order valence-electron chi connectivity index (χ4n) is 2.03. The zero-order valence-corrected chi connectivity index (χ0v) is 11.6. The Morgan fingerprint density at radius 3 is 2.65 bits per heavy atom. The highest BCUT2D eigenvalue weighted by molar-refractivity contribution is 4.95. The summed E-state index contributed by atoms with van der Waals surface area (Å²) in [7, 11) is 0. The first kappa shape index (κ1) is 14.2. The van der Waals surface area contributed by atoms with Crippen LogP contribution in [0.4, 0.5) is 0 Å². The Morgan fingerprint density at radius 1 is 1.29 bits per heavy atom. The van der Waals surface area contributed by atoms with Crippen LogP contribution in [0.5, 0.6) is 0 Å². The molecule has 2 atom stereocenters. The van der Waals surface area contributed by atoms with E-state index in [0.717, 1.165) is 11.7 Å². The third kappa shape index (κ3) is 5.35. The molecule has 0 fully saturated rings. The molecule has 0 aliphatic rings. The number of oxazole rings is 1. The van der Waals surface area contributed by atoms with Crippen LogP contribution in [0.15, 0.2) is 10.6 Å². The van der Waals surface area contributed by atoms with Gasteiger partial charge in [0.15, 0.2) is 0 Å². The average molecular weight is 238 g/mol. The topological polar surface area (TPSA) is 38.1 Å². The zero-order valence-electron chi connectivity index (χ0n) is 11.6. The molecule has 0 amide bonds. The molecule has 0 saturated heterocycles. The Bertz CT molecular complexity index is 309. The largest absolute Gasteiger partial charge is 0.444 e. The number of nitrogens with one attached hydrogen (secondary N) is 1. The van der Waals surface area contributed by atoms with Crippen molar-refractivity contribution < 1.29 is 4.42 Å². The highest BCUT2D eigenvalue weighted by Gasteiger charge is 2.13. The number of unbranched alkanes of at least 4 members (excludes halogenated alkanes) is 3. The minimum Gasteiger partial charge on any atom is -0.444 e. The lowest BCUT2D eigenvalue weighted by Crippen LogP contribution is -2.29. The zero-order chi connectivity index (χ0) is 12.7.